The molecule has 0 spiro atoms. The molecule has 8 heteroatoms. The van der Waals surface area contributed by atoms with Gasteiger partial charge in [0.2, 0.25) is 10.0 Å². The summed E-state index contributed by atoms with van der Waals surface area (Å²) in [5.41, 5.74) is 0.935. The first kappa shape index (κ1) is 18.9. The Labute approximate surface area is 151 Å². The van der Waals surface area contributed by atoms with Crippen molar-refractivity contribution in [3.05, 3.63) is 56.7 Å². The molecule has 0 aliphatic carbocycles. The molecule has 130 valence electrons. The van der Waals surface area contributed by atoms with Crippen molar-refractivity contribution >= 4 is 38.9 Å². The first-order valence-electron chi connectivity index (χ1n) is 7.34. The molecule has 2 N–H and O–H groups in total. The molecule has 1 atom stereocenters. The summed E-state index contributed by atoms with van der Waals surface area (Å²) in [6.45, 7) is 2.22. The minimum atomic E-state index is -3.19. The van der Waals surface area contributed by atoms with Crippen LogP contribution in [0.2, 0.25) is 5.02 Å². The summed E-state index contributed by atoms with van der Waals surface area (Å²) in [7, 11) is -3.19. The van der Waals surface area contributed by atoms with Gasteiger partial charge in [-0.1, -0.05) is 23.7 Å². The van der Waals surface area contributed by atoms with Crippen molar-refractivity contribution in [1.82, 2.24) is 10.0 Å². The minimum absolute atomic E-state index is 0.158. The highest BCUT2D eigenvalue weighted by molar-refractivity contribution is 7.88. The number of hydrogen-bond acceptors (Lipinski definition) is 4. The lowest BCUT2D eigenvalue weighted by atomic mass is 10.1. The normalized spacial score (nSPS) is 12.8. The summed E-state index contributed by atoms with van der Waals surface area (Å²) < 4.78 is 24.5. The Morgan fingerprint density at radius 1 is 1.29 bits per heavy atom. The van der Waals surface area contributed by atoms with E-state index in [1.807, 2.05) is 31.2 Å². The fourth-order valence-electron chi connectivity index (χ4n) is 2.12. The van der Waals surface area contributed by atoms with Crippen LogP contribution in [0.4, 0.5) is 0 Å². The van der Waals surface area contributed by atoms with Crippen LogP contribution >= 0.6 is 22.9 Å². The number of hydrogen-bond donors (Lipinski definition) is 2. The second-order valence-corrected chi connectivity index (χ2v) is 8.87. The average Bonchev–Trinajstić information content (AvgIpc) is 2.95. The van der Waals surface area contributed by atoms with Gasteiger partial charge in [0.1, 0.15) is 0 Å². The molecule has 0 saturated carbocycles. The number of rotatable bonds is 7. The topological polar surface area (TPSA) is 75.3 Å². The summed E-state index contributed by atoms with van der Waals surface area (Å²) in [5.74, 6) is -0.158. The third kappa shape index (κ3) is 5.90. The van der Waals surface area contributed by atoms with Gasteiger partial charge in [0, 0.05) is 16.4 Å². The third-order valence-corrected chi connectivity index (χ3v) is 5.42. The Morgan fingerprint density at radius 3 is 2.71 bits per heavy atom. The predicted octanol–water partition coefficient (Wildman–Crippen LogP) is 2.98. The van der Waals surface area contributed by atoms with Crippen LogP contribution in [0.5, 0.6) is 0 Å². The van der Waals surface area contributed by atoms with Crippen LogP contribution in [-0.4, -0.2) is 27.1 Å². The smallest absolute Gasteiger partial charge is 0.261 e. The van der Waals surface area contributed by atoms with Crippen LogP contribution in [0.25, 0.3) is 0 Å². The quantitative estimate of drug-likeness (QED) is 0.768. The standard InChI is InChI=1S/C16H19ClN2O3S2/c1-11(12-4-3-5-13(17)10-12)19-16(20)15-7-6-14(23-15)8-9-18-24(2,21)22/h3-7,10-11,18H,8-9H2,1-2H3,(H,19,20). The van der Waals surface area contributed by atoms with Gasteiger partial charge in [-0.3, -0.25) is 4.79 Å². The van der Waals surface area contributed by atoms with E-state index in [2.05, 4.69) is 10.0 Å². The van der Waals surface area contributed by atoms with E-state index in [9.17, 15) is 13.2 Å². The second kappa shape index (κ2) is 8.11. The van der Waals surface area contributed by atoms with Crippen LogP contribution in [0.15, 0.2) is 36.4 Å². The molecule has 0 aliphatic heterocycles. The number of benzene rings is 1. The molecule has 24 heavy (non-hydrogen) atoms. The van der Waals surface area contributed by atoms with Gasteiger partial charge in [-0.15, -0.1) is 11.3 Å². The molecular formula is C16H19ClN2O3S2. The molecule has 2 aromatic rings. The Kier molecular flexibility index (Phi) is 6.40. The highest BCUT2D eigenvalue weighted by atomic mass is 35.5. The first-order valence-corrected chi connectivity index (χ1v) is 10.4. The van der Waals surface area contributed by atoms with Crippen molar-refractivity contribution in [3.8, 4) is 0 Å². The van der Waals surface area contributed by atoms with Crippen molar-refractivity contribution in [3.63, 3.8) is 0 Å². The molecule has 0 bridgehead atoms. The van der Waals surface area contributed by atoms with Crippen LogP contribution in [0.3, 0.4) is 0 Å². The zero-order chi connectivity index (χ0) is 17.7. The maximum absolute atomic E-state index is 12.3. The highest BCUT2D eigenvalue weighted by Gasteiger charge is 2.14. The van der Waals surface area contributed by atoms with Gasteiger partial charge < -0.3 is 5.32 Å². The average molecular weight is 387 g/mol. The Bertz CT molecular complexity index is 818. The summed E-state index contributed by atoms with van der Waals surface area (Å²) in [4.78, 5) is 13.9. The van der Waals surface area contributed by atoms with E-state index in [1.54, 1.807) is 12.1 Å². The van der Waals surface area contributed by atoms with E-state index in [0.717, 1.165) is 16.7 Å². The van der Waals surface area contributed by atoms with Crippen molar-refractivity contribution < 1.29 is 13.2 Å². The number of sulfonamides is 1. The number of carbonyl (C=O) groups is 1. The molecule has 5 nitrogen and oxygen atoms in total. The molecule has 0 fully saturated rings. The molecule has 0 aliphatic rings. The van der Waals surface area contributed by atoms with Crippen molar-refractivity contribution in [2.24, 2.45) is 0 Å². The Hall–Kier alpha value is -1.41. The molecule has 1 amide bonds. The molecule has 2 rings (SSSR count). The van der Waals surface area contributed by atoms with E-state index in [-0.39, 0.29) is 11.9 Å². The van der Waals surface area contributed by atoms with E-state index in [1.165, 1.54) is 11.3 Å². The monoisotopic (exact) mass is 386 g/mol. The molecule has 1 heterocycles. The zero-order valence-electron chi connectivity index (χ0n) is 13.4. The van der Waals surface area contributed by atoms with Gasteiger partial charge in [-0.05, 0) is 43.2 Å². The van der Waals surface area contributed by atoms with Gasteiger partial charge >= 0.3 is 0 Å². The van der Waals surface area contributed by atoms with Crippen LogP contribution in [-0.2, 0) is 16.4 Å². The highest BCUT2D eigenvalue weighted by Crippen LogP contribution is 2.20. The number of nitrogens with one attached hydrogen (secondary N) is 2. The first-order chi connectivity index (χ1) is 11.2. The maximum atomic E-state index is 12.3. The molecule has 1 aromatic heterocycles. The number of amides is 1. The van der Waals surface area contributed by atoms with Gasteiger partial charge in [-0.2, -0.15) is 0 Å². The summed E-state index contributed by atoms with van der Waals surface area (Å²) in [6.07, 6.45) is 1.67. The lowest BCUT2D eigenvalue weighted by Crippen LogP contribution is -2.25. The number of thiophene rings is 1. The van der Waals surface area contributed by atoms with E-state index in [0.29, 0.717) is 22.9 Å². The number of halogens is 1. The van der Waals surface area contributed by atoms with Crippen LogP contribution in [0.1, 0.15) is 33.1 Å². The van der Waals surface area contributed by atoms with Gasteiger partial charge in [0.15, 0.2) is 0 Å². The fourth-order valence-corrected chi connectivity index (χ4v) is 3.70. The van der Waals surface area contributed by atoms with Crippen LogP contribution in [0, 0.1) is 0 Å². The summed E-state index contributed by atoms with van der Waals surface area (Å²) in [5, 5.41) is 3.56. The summed E-state index contributed by atoms with van der Waals surface area (Å²) >= 11 is 7.33. The predicted molar refractivity (Wildman–Crippen MR) is 98.2 cm³/mol. The second-order valence-electron chi connectivity index (χ2n) is 5.43. The van der Waals surface area contributed by atoms with Gasteiger partial charge in [0.25, 0.3) is 5.91 Å². The lowest BCUT2D eigenvalue weighted by molar-refractivity contribution is 0.0944. The van der Waals surface area contributed by atoms with Crippen molar-refractivity contribution in [1.29, 1.82) is 0 Å². The van der Waals surface area contributed by atoms with Gasteiger partial charge in [0.05, 0.1) is 17.2 Å². The van der Waals surface area contributed by atoms with E-state index >= 15 is 0 Å². The Balaban J connectivity index is 1.93. The van der Waals surface area contributed by atoms with Crippen molar-refractivity contribution in [2.75, 3.05) is 12.8 Å². The van der Waals surface area contributed by atoms with Crippen molar-refractivity contribution in [2.45, 2.75) is 19.4 Å². The molecular weight excluding hydrogens is 368 g/mol. The fraction of sp³-hybridized carbons (Fsp3) is 0.312. The molecule has 1 unspecified atom stereocenters. The van der Waals surface area contributed by atoms with Crippen LogP contribution < -0.4 is 10.0 Å². The zero-order valence-corrected chi connectivity index (χ0v) is 15.8. The van der Waals surface area contributed by atoms with E-state index < -0.39 is 10.0 Å². The molecule has 1 aromatic carbocycles. The number of carbonyl (C=O) groups excluding carboxylic acids is 1. The van der Waals surface area contributed by atoms with E-state index in [4.69, 9.17) is 11.6 Å². The minimum Gasteiger partial charge on any atom is -0.345 e. The third-order valence-electron chi connectivity index (χ3n) is 3.32. The molecule has 0 radical (unpaired) electrons. The summed E-state index contributed by atoms with van der Waals surface area (Å²) in [6, 6.07) is 10.8. The largest absolute Gasteiger partial charge is 0.345 e. The Morgan fingerprint density at radius 2 is 2.04 bits per heavy atom. The lowest BCUT2D eigenvalue weighted by Gasteiger charge is -2.13. The molecule has 0 saturated heterocycles. The maximum Gasteiger partial charge on any atom is 0.261 e. The van der Waals surface area contributed by atoms with Gasteiger partial charge in [-0.25, -0.2) is 13.1 Å². The SMILES string of the molecule is CC(NC(=O)c1ccc(CCNS(C)(=O)=O)s1)c1cccc(Cl)c1.